The molecule has 0 unspecified atom stereocenters. The lowest BCUT2D eigenvalue weighted by Gasteiger charge is -2.46. The van der Waals surface area contributed by atoms with Crippen molar-refractivity contribution in [1.82, 2.24) is 35.0 Å². The number of benzene rings is 7. The highest BCUT2D eigenvalue weighted by Crippen LogP contribution is 2.66. The minimum Gasteiger partial charge on any atom is -0.491 e. The van der Waals surface area contributed by atoms with Gasteiger partial charge in [0, 0.05) is 38.3 Å². The summed E-state index contributed by atoms with van der Waals surface area (Å²) < 4.78 is 25.7. The zero-order chi connectivity index (χ0) is 55.9. The number of imide groups is 1. The number of hydrogen-bond donors (Lipinski definition) is 2. The first-order valence-corrected chi connectivity index (χ1v) is 27.6. The number of carbonyl (C=O) groups is 4. The van der Waals surface area contributed by atoms with Crippen molar-refractivity contribution < 1.29 is 43.2 Å². The van der Waals surface area contributed by atoms with Gasteiger partial charge < -0.3 is 34.3 Å². The fourth-order valence-corrected chi connectivity index (χ4v) is 12.8. The number of amides is 4. The van der Waals surface area contributed by atoms with E-state index in [1.807, 2.05) is 163 Å². The number of nitrogens with zero attached hydrogens (tertiary/aromatic N) is 7. The number of esters is 1. The van der Waals surface area contributed by atoms with E-state index in [2.05, 4.69) is 32.4 Å². The number of cyclic esters (lactones) is 1. The monoisotopic (exact) mass is 1090 g/mol. The van der Waals surface area contributed by atoms with Crippen LogP contribution < -0.4 is 24.4 Å². The van der Waals surface area contributed by atoms with Gasteiger partial charge in [0.25, 0.3) is 0 Å². The van der Waals surface area contributed by atoms with Crippen LogP contribution in [-0.4, -0.2) is 111 Å². The van der Waals surface area contributed by atoms with E-state index >= 15 is 19.2 Å². The molecule has 412 valence electrons. The summed E-state index contributed by atoms with van der Waals surface area (Å²) in [5, 5.41) is 21.6. The van der Waals surface area contributed by atoms with E-state index in [1.54, 1.807) is 33.8 Å². The molecule has 17 heteroatoms. The van der Waals surface area contributed by atoms with Crippen molar-refractivity contribution in [3.63, 3.8) is 0 Å². The van der Waals surface area contributed by atoms with Gasteiger partial charge in [0.15, 0.2) is 11.5 Å². The van der Waals surface area contributed by atoms with Gasteiger partial charge in [-0.05, 0) is 94.9 Å². The fourth-order valence-electron chi connectivity index (χ4n) is 12.8. The molecule has 82 heavy (non-hydrogen) atoms. The van der Waals surface area contributed by atoms with Crippen LogP contribution in [-0.2, 0) is 37.6 Å². The standard InChI is InChI=1S/C65H58N8O9/c1-42(45-15-5-2-6-16-45)66-64(78)72-52-29-23-43(14-13-31-71-53-22-12-11-21-51(53)67-68-71)38-50(52)65(63(72)77)56(61(75)70-34-32-69(33-35-70)40-44-24-30-54-55(39-44)81-41-80-54)58-62(76)82-59(47-19-9-4-10-20-47)57(46-17-7-3-8-18-46)73(58)60(65)48-25-27-49(28-26-48)79-37-36-74/h2-12,15-30,38-39,42,56-60,74H,31-37,40-41H2,1H3,(H,66,78)/t42-,56-,57-,58-,59+,60+,65-/m1/s1. The molecule has 2 N–H and O–H groups in total. The van der Waals surface area contributed by atoms with E-state index in [4.69, 9.17) is 18.9 Å². The molecule has 0 bridgehead atoms. The van der Waals surface area contributed by atoms with E-state index in [-0.39, 0.29) is 45.3 Å². The predicted octanol–water partition coefficient (Wildman–Crippen LogP) is 8.06. The Bertz CT molecular complexity index is 3770. The van der Waals surface area contributed by atoms with Crippen molar-refractivity contribution in [2.75, 3.05) is 51.1 Å². The molecule has 3 saturated heterocycles. The molecule has 7 atom stereocenters. The smallest absolute Gasteiger partial charge is 0.329 e. The van der Waals surface area contributed by atoms with Gasteiger partial charge in [0.1, 0.15) is 42.0 Å². The molecule has 1 spiro atoms. The lowest BCUT2D eigenvalue weighted by atomic mass is 9.64. The van der Waals surface area contributed by atoms with Crippen molar-refractivity contribution in [3.05, 3.63) is 215 Å². The third kappa shape index (κ3) is 9.24. The Kier molecular flexibility index (Phi) is 13.9. The van der Waals surface area contributed by atoms with Gasteiger partial charge >= 0.3 is 12.0 Å². The summed E-state index contributed by atoms with van der Waals surface area (Å²) in [6.07, 6.45) is -0.917. The van der Waals surface area contributed by atoms with Crippen LogP contribution >= 0.6 is 0 Å². The van der Waals surface area contributed by atoms with Crippen LogP contribution in [0.4, 0.5) is 10.5 Å². The molecule has 0 aliphatic carbocycles. The second kappa shape index (κ2) is 22.0. The summed E-state index contributed by atoms with van der Waals surface area (Å²) in [6, 6.07) is 50.2. The average Bonchev–Trinajstić information content (AvgIpc) is 1.57. The molecule has 5 aliphatic heterocycles. The van der Waals surface area contributed by atoms with Crippen LogP contribution in [0.15, 0.2) is 176 Å². The summed E-state index contributed by atoms with van der Waals surface area (Å²) in [4.78, 5) is 72.3. The second-order valence-corrected chi connectivity index (χ2v) is 21.2. The Morgan fingerprint density at radius 1 is 0.768 bits per heavy atom. The first-order chi connectivity index (χ1) is 40.2. The molecule has 0 radical (unpaired) electrons. The molecule has 3 fully saturated rings. The number of anilines is 1. The zero-order valence-corrected chi connectivity index (χ0v) is 44.9. The zero-order valence-electron chi connectivity index (χ0n) is 44.9. The molecular weight excluding hydrogens is 1040 g/mol. The van der Waals surface area contributed by atoms with E-state index in [0.717, 1.165) is 27.7 Å². The number of nitrogens with one attached hydrogen (secondary N) is 1. The first kappa shape index (κ1) is 52.1. The Hall–Kier alpha value is -9.34. The average molecular weight is 1100 g/mol. The maximum absolute atomic E-state index is 17.1. The number of carbonyl (C=O) groups excluding carboxylic acids is 4. The molecule has 17 nitrogen and oxygen atoms in total. The minimum absolute atomic E-state index is 0.0381. The van der Waals surface area contributed by atoms with Crippen LogP contribution in [0.5, 0.6) is 17.2 Å². The van der Waals surface area contributed by atoms with Crippen LogP contribution in [0, 0.1) is 17.8 Å². The van der Waals surface area contributed by atoms with Crippen molar-refractivity contribution in [2.45, 2.75) is 55.7 Å². The van der Waals surface area contributed by atoms with E-state index in [9.17, 15) is 5.11 Å². The fraction of sp³-hybridized carbons (Fsp3) is 0.262. The number of ether oxygens (including phenoxy) is 4. The highest BCUT2D eigenvalue weighted by atomic mass is 16.7. The third-order valence-electron chi connectivity index (χ3n) is 16.5. The van der Waals surface area contributed by atoms with Gasteiger partial charge in [0.2, 0.25) is 18.6 Å². The molecule has 0 saturated carbocycles. The predicted molar refractivity (Wildman–Crippen MR) is 303 cm³/mol. The number of fused-ring (bicyclic) bond motifs is 5. The van der Waals surface area contributed by atoms with Crippen LogP contribution in [0.25, 0.3) is 11.0 Å². The van der Waals surface area contributed by atoms with Gasteiger partial charge in [-0.3, -0.25) is 24.2 Å². The molecule has 5 aliphatic rings. The number of rotatable bonds is 12. The normalized spacial score (nSPS) is 22.3. The van der Waals surface area contributed by atoms with Gasteiger partial charge in [-0.1, -0.05) is 138 Å². The van der Waals surface area contributed by atoms with Crippen molar-refractivity contribution >= 4 is 40.5 Å². The lowest BCUT2D eigenvalue weighted by molar-refractivity contribution is -0.179. The van der Waals surface area contributed by atoms with Crippen LogP contribution in [0.2, 0.25) is 0 Å². The SMILES string of the molecule is C[C@@H](NC(=O)N1C(=O)[C@@]2(c3cc(C#CCn4nnc5ccccc54)ccc31)[C@H](c1ccc(OCCO)cc1)N1[C@H](c3ccccc3)[C@H](c3ccccc3)OC(=O)[C@H]1[C@@H]2C(=O)N1CCN(Cc2ccc3c(c2)OCO3)CC1)c1ccccc1. The summed E-state index contributed by atoms with van der Waals surface area (Å²) in [7, 11) is 0. The maximum atomic E-state index is 17.1. The Labute approximate surface area is 473 Å². The van der Waals surface area contributed by atoms with E-state index in [0.29, 0.717) is 59.1 Å². The van der Waals surface area contributed by atoms with Crippen LogP contribution in [0.1, 0.15) is 70.1 Å². The number of aliphatic hydroxyl groups is 1. The number of hydrogen-bond acceptors (Lipinski definition) is 13. The summed E-state index contributed by atoms with van der Waals surface area (Å²) in [5.41, 5.74) is 4.52. The lowest BCUT2D eigenvalue weighted by Crippen LogP contribution is -2.59. The number of morpholine rings is 1. The highest BCUT2D eigenvalue weighted by Gasteiger charge is 2.76. The van der Waals surface area contributed by atoms with Gasteiger partial charge in [0.05, 0.1) is 41.9 Å². The summed E-state index contributed by atoms with van der Waals surface area (Å²) in [6.45, 7) is 4.12. The number of aromatic nitrogens is 3. The molecule has 4 amide bonds. The number of para-hydroxylation sites is 1. The van der Waals surface area contributed by atoms with Gasteiger partial charge in [-0.25, -0.2) is 14.4 Å². The number of piperazine rings is 1. The van der Waals surface area contributed by atoms with Crippen molar-refractivity contribution in [3.8, 4) is 29.1 Å². The van der Waals surface area contributed by atoms with Gasteiger partial charge in [-0.15, -0.1) is 5.10 Å². The van der Waals surface area contributed by atoms with Crippen molar-refractivity contribution in [2.24, 2.45) is 5.92 Å². The highest BCUT2D eigenvalue weighted by molar-refractivity contribution is 6.24. The van der Waals surface area contributed by atoms with Gasteiger partial charge in [-0.2, -0.15) is 0 Å². The number of aliphatic hydroxyl groups excluding tert-OH is 1. The molecule has 6 heterocycles. The van der Waals surface area contributed by atoms with Crippen molar-refractivity contribution in [1.29, 1.82) is 0 Å². The summed E-state index contributed by atoms with van der Waals surface area (Å²) in [5.74, 6) is 5.17. The topological polar surface area (TPSA) is 181 Å². The molecule has 13 rings (SSSR count). The Morgan fingerprint density at radius 3 is 2.23 bits per heavy atom. The maximum Gasteiger partial charge on any atom is 0.329 e. The third-order valence-corrected chi connectivity index (χ3v) is 16.5. The number of urea groups is 1. The molecular formula is C65H58N8O9. The first-order valence-electron chi connectivity index (χ1n) is 27.6. The summed E-state index contributed by atoms with van der Waals surface area (Å²) >= 11 is 0. The molecule has 8 aromatic rings. The minimum atomic E-state index is -2.01. The second-order valence-electron chi connectivity index (χ2n) is 21.2. The quantitative estimate of drug-likeness (QED) is 0.0887. The molecule has 7 aromatic carbocycles. The van der Waals surface area contributed by atoms with Crippen LogP contribution in [0.3, 0.4) is 0 Å². The van der Waals surface area contributed by atoms with E-state index in [1.165, 1.54) is 4.90 Å². The molecule has 1 aromatic heterocycles. The Balaban J connectivity index is 1.00. The van der Waals surface area contributed by atoms with E-state index < -0.39 is 65.4 Å². The Morgan fingerprint density at radius 2 is 1.48 bits per heavy atom. The largest absolute Gasteiger partial charge is 0.491 e.